The van der Waals surface area contributed by atoms with Crippen LogP contribution in [0.1, 0.15) is 53.8 Å². The Morgan fingerprint density at radius 2 is 1.88 bits per heavy atom. The minimum Gasteiger partial charge on any atom is -0.481 e. The Kier molecular flexibility index (Phi) is 5.93. The fraction of sp³-hybridized carbons (Fsp3) is 0.421. The van der Waals surface area contributed by atoms with Crippen LogP contribution >= 0.6 is 11.6 Å². The van der Waals surface area contributed by atoms with E-state index < -0.39 is 5.97 Å². The van der Waals surface area contributed by atoms with E-state index in [1.165, 1.54) is 0 Å². The van der Waals surface area contributed by atoms with E-state index in [0.29, 0.717) is 23.7 Å². The number of hydrogen-bond acceptors (Lipinski definition) is 3. The molecule has 0 radical (unpaired) electrons. The van der Waals surface area contributed by atoms with E-state index in [1.54, 1.807) is 0 Å². The van der Waals surface area contributed by atoms with Gasteiger partial charge in [0.05, 0.1) is 5.69 Å². The number of nitrogens with zero attached hydrogens (tertiary/aromatic N) is 2. The number of carboxylic acids is 1. The van der Waals surface area contributed by atoms with Crippen molar-refractivity contribution in [2.75, 3.05) is 6.54 Å². The Morgan fingerprint density at radius 3 is 2.62 bits per heavy atom. The number of aliphatic carboxylic acids is 1. The van der Waals surface area contributed by atoms with E-state index in [1.807, 2.05) is 28.9 Å². The van der Waals surface area contributed by atoms with Crippen molar-refractivity contribution in [2.45, 2.75) is 44.9 Å². The normalized spacial score (nSPS) is 13.7. The summed E-state index contributed by atoms with van der Waals surface area (Å²) in [5.74, 6) is -1.10. The highest BCUT2D eigenvalue weighted by molar-refractivity contribution is 6.30. The van der Waals surface area contributed by atoms with Crippen LogP contribution in [-0.2, 0) is 17.6 Å². The molecule has 1 amide bonds. The lowest BCUT2D eigenvalue weighted by atomic mass is 10.1. The van der Waals surface area contributed by atoms with Crippen molar-refractivity contribution in [1.82, 2.24) is 15.1 Å². The first-order valence-corrected chi connectivity index (χ1v) is 9.31. The lowest BCUT2D eigenvalue weighted by molar-refractivity contribution is -0.137. The van der Waals surface area contributed by atoms with Gasteiger partial charge in [-0.2, -0.15) is 5.10 Å². The highest BCUT2D eigenvalue weighted by Gasteiger charge is 2.24. The van der Waals surface area contributed by atoms with Gasteiger partial charge in [0, 0.05) is 29.2 Å². The van der Waals surface area contributed by atoms with Gasteiger partial charge in [-0.3, -0.25) is 9.59 Å². The van der Waals surface area contributed by atoms with Crippen LogP contribution in [0.15, 0.2) is 24.3 Å². The van der Waals surface area contributed by atoms with Crippen molar-refractivity contribution >= 4 is 23.5 Å². The van der Waals surface area contributed by atoms with Crippen molar-refractivity contribution < 1.29 is 14.7 Å². The third-order valence-electron chi connectivity index (χ3n) is 4.57. The van der Waals surface area contributed by atoms with Crippen molar-refractivity contribution in [3.8, 4) is 5.69 Å². The molecule has 6 nitrogen and oxygen atoms in total. The van der Waals surface area contributed by atoms with E-state index in [2.05, 4.69) is 10.4 Å². The van der Waals surface area contributed by atoms with Crippen LogP contribution in [0.25, 0.3) is 5.69 Å². The summed E-state index contributed by atoms with van der Waals surface area (Å²) in [7, 11) is 0. The molecule has 1 aliphatic rings. The lowest BCUT2D eigenvalue weighted by Gasteiger charge is -2.07. The Balaban J connectivity index is 1.86. The number of aromatic nitrogens is 2. The quantitative estimate of drug-likeness (QED) is 0.598. The van der Waals surface area contributed by atoms with E-state index >= 15 is 0 Å². The number of hydrogen-bond donors (Lipinski definition) is 2. The van der Waals surface area contributed by atoms with Crippen LogP contribution in [0.3, 0.4) is 0 Å². The van der Waals surface area contributed by atoms with Crippen molar-refractivity contribution in [2.24, 2.45) is 0 Å². The van der Waals surface area contributed by atoms with Gasteiger partial charge >= 0.3 is 5.97 Å². The number of amides is 1. The van der Waals surface area contributed by atoms with Gasteiger partial charge in [0.25, 0.3) is 5.91 Å². The standard InChI is InChI=1S/C19H22ClN3O3/c20-13-8-10-14(11-9-13)23-16-6-3-1-2-5-15(16)18(22-23)19(26)21-12-4-7-17(24)25/h8-11H,1-7,12H2,(H,21,26)(H,24,25). The van der Waals surface area contributed by atoms with Crippen LogP contribution < -0.4 is 5.32 Å². The summed E-state index contributed by atoms with van der Waals surface area (Å²) in [5, 5.41) is 16.7. The molecule has 0 saturated carbocycles. The molecule has 1 aromatic heterocycles. The number of fused-ring (bicyclic) bond motifs is 1. The number of carboxylic acid groups (broad SMARTS) is 1. The van der Waals surface area contributed by atoms with Gasteiger partial charge in [-0.1, -0.05) is 18.0 Å². The largest absolute Gasteiger partial charge is 0.481 e. The fourth-order valence-corrected chi connectivity index (χ4v) is 3.41. The number of rotatable bonds is 6. The van der Waals surface area contributed by atoms with Crippen molar-refractivity contribution in [3.63, 3.8) is 0 Å². The molecule has 1 heterocycles. The minimum absolute atomic E-state index is 0.0393. The second kappa shape index (κ2) is 8.36. The summed E-state index contributed by atoms with van der Waals surface area (Å²) in [6, 6.07) is 7.42. The third kappa shape index (κ3) is 4.25. The van der Waals surface area contributed by atoms with Gasteiger partial charge in [-0.15, -0.1) is 0 Å². The van der Waals surface area contributed by atoms with Gasteiger partial charge in [-0.05, 0) is 56.4 Å². The molecule has 26 heavy (non-hydrogen) atoms. The molecular formula is C19H22ClN3O3. The average molecular weight is 376 g/mol. The molecule has 0 aliphatic heterocycles. The highest BCUT2D eigenvalue weighted by atomic mass is 35.5. The summed E-state index contributed by atoms with van der Waals surface area (Å²) in [4.78, 5) is 23.2. The van der Waals surface area contributed by atoms with Crippen molar-refractivity contribution in [3.05, 3.63) is 46.2 Å². The highest BCUT2D eigenvalue weighted by Crippen LogP contribution is 2.27. The van der Waals surface area contributed by atoms with Crippen LogP contribution in [0.4, 0.5) is 0 Å². The smallest absolute Gasteiger partial charge is 0.303 e. The maximum Gasteiger partial charge on any atom is 0.303 e. The number of nitrogens with one attached hydrogen (secondary N) is 1. The van der Waals surface area contributed by atoms with Crippen molar-refractivity contribution in [1.29, 1.82) is 0 Å². The summed E-state index contributed by atoms with van der Waals surface area (Å²) in [6.45, 7) is 0.327. The monoisotopic (exact) mass is 375 g/mol. The van der Waals surface area contributed by atoms with Crippen LogP contribution in [0, 0.1) is 0 Å². The Morgan fingerprint density at radius 1 is 1.15 bits per heavy atom. The summed E-state index contributed by atoms with van der Waals surface area (Å²) in [5.41, 5.74) is 3.43. The van der Waals surface area contributed by atoms with E-state index in [4.69, 9.17) is 16.7 Å². The van der Waals surface area contributed by atoms with Crippen LogP contribution in [-0.4, -0.2) is 33.3 Å². The molecule has 0 atom stereocenters. The summed E-state index contributed by atoms with van der Waals surface area (Å²) in [6.07, 6.45) is 5.41. The molecule has 2 aromatic rings. The predicted octanol–water partition coefficient (Wildman–Crippen LogP) is 3.39. The molecule has 0 fully saturated rings. The first-order chi connectivity index (χ1) is 12.6. The third-order valence-corrected chi connectivity index (χ3v) is 4.82. The zero-order chi connectivity index (χ0) is 18.5. The van der Waals surface area contributed by atoms with Gasteiger partial charge < -0.3 is 10.4 Å². The summed E-state index contributed by atoms with van der Waals surface area (Å²) < 4.78 is 1.85. The van der Waals surface area contributed by atoms with Gasteiger partial charge in [0.1, 0.15) is 0 Å². The molecule has 3 rings (SSSR count). The SMILES string of the molecule is O=C(O)CCCNC(=O)c1nn(-c2ccc(Cl)cc2)c2c1CCCCC2. The van der Waals surface area contributed by atoms with Crippen LogP contribution in [0.5, 0.6) is 0 Å². The first-order valence-electron chi connectivity index (χ1n) is 8.93. The lowest BCUT2D eigenvalue weighted by Crippen LogP contribution is -2.26. The van der Waals surface area contributed by atoms with Gasteiger partial charge in [0.15, 0.2) is 5.69 Å². The molecule has 0 unspecified atom stereocenters. The maximum absolute atomic E-state index is 12.6. The maximum atomic E-state index is 12.6. The zero-order valence-electron chi connectivity index (χ0n) is 14.5. The molecule has 0 bridgehead atoms. The van der Waals surface area contributed by atoms with E-state index in [9.17, 15) is 9.59 Å². The fourth-order valence-electron chi connectivity index (χ4n) is 3.28. The second-order valence-corrected chi connectivity index (χ2v) is 6.91. The predicted molar refractivity (Wildman–Crippen MR) is 99.0 cm³/mol. The topological polar surface area (TPSA) is 84.2 Å². The first kappa shape index (κ1) is 18.5. The van der Waals surface area contributed by atoms with E-state index in [-0.39, 0.29) is 12.3 Å². The molecule has 1 aromatic carbocycles. The second-order valence-electron chi connectivity index (χ2n) is 6.48. The van der Waals surface area contributed by atoms with Crippen LogP contribution in [0.2, 0.25) is 5.02 Å². The number of benzene rings is 1. The van der Waals surface area contributed by atoms with Gasteiger partial charge in [-0.25, -0.2) is 4.68 Å². The van der Waals surface area contributed by atoms with Gasteiger partial charge in [0.2, 0.25) is 0 Å². The molecular weight excluding hydrogens is 354 g/mol. The molecule has 7 heteroatoms. The minimum atomic E-state index is -0.861. The molecule has 1 aliphatic carbocycles. The average Bonchev–Trinajstić information content (AvgIpc) is 2.81. The Hall–Kier alpha value is -2.34. The molecule has 0 saturated heterocycles. The zero-order valence-corrected chi connectivity index (χ0v) is 15.3. The molecule has 2 N–H and O–H groups in total. The van der Waals surface area contributed by atoms with E-state index in [0.717, 1.165) is 49.0 Å². The molecule has 138 valence electrons. The number of carbonyl (C=O) groups is 2. The number of halogens is 1. The Labute approximate surface area is 157 Å². The summed E-state index contributed by atoms with van der Waals surface area (Å²) >= 11 is 5.98. The number of carbonyl (C=O) groups excluding carboxylic acids is 1. The Bertz CT molecular complexity index is 799. The molecule has 0 spiro atoms.